The number of piperidine rings is 1. The fraction of sp³-hybridized carbons (Fsp3) is 0.938. The molecule has 122 valence electrons. The van der Waals surface area contributed by atoms with E-state index in [-0.39, 0.29) is 18.0 Å². The van der Waals surface area contributed by atoms with Crippen molar-refractivity contribution in [2.45, 2.75) is 58.8 Å². The fourth-order valence-corrected chi connectivity index (χ4v) is 3.14. The second-order valence-corrected chi connectivity index (χ2v) is 6.62. The van der Waals surface area contributed by atoms with Gasteiger partial charge >= 0.3 is 6.03 Å². The Bertz CT molecular complexity index is 355. The van der Waals surface area contributed by atoms with Gasteiger partial charge in [-0.1, -0.05) is 20.3 Å². The number of carbonyl (C=O) groups is 1. The second kappa shape index (κ2) is 6.97. The SMILES string of the molecule is CC[C@H](C)[C@@H](C)NC(=O)N1CCC[C@H](C2(C)OCCO2)C1. The maximum absolute atomic E-state index is 12.4. The van der Waals surface area contributed by atoms with Gasteiger partial charge in [0.25, 0.3) is 0 Å². The van der Waals surface area contributed by atoms with Gasteiger partial charge in [0.15, 0.2) is 5.79 Å². The summed E-state index contributed by atoms with van der Waals surface area (Å²) in [4.78, 5) is 14.3. The maximum Gasteiger partial charge on any atom is 0.317 e. The van der Waals surface area contributed by atoms with E-state index in [0.717, 1.165) is 32.4 Å². The Morgan fingerprint density at radius 3 is 2.67 bits per heavy atom. The summed E-state index contributed by atoms with van der Waals surface area (Å²) in [6, 6.07) is 0.256. The predicted molar refractivity (Wildman–Crippen MR) is 82.1 cm³/mol. The minimum atomic E-state index is -0.513. The van der Waals surface area contributed by atoms with E-state index in [1.165, 1.54) is 0 Å². The Kier molecular flexibility index (Phi) is 5.49. The molecule has 2 rings (SSSR count). The number of ether oxygens (including phenoxy) is 2. The van der Waals surface area contributed by atoms with Crippen molar-refractivity contribution in [3.63, 3.8) is 0 Å². The Labute approximate surface area is 128 Å². The van der Waals surface area contributed by atoms with Crippen molar-refractivity contribution in [2.24, 2.45) is 11.8 Å². The van der Waals surface area contributed by atoms with Crippen molar-refractivity contribution in [1.29, 1.82) is 0 Å². The zero-order valence-corrected chi connectivity index (χ0v) is 13.9. The third-order valence-corrected chi connectivity index (χ3v) is 5.16. The highest BCUT2D eigenvalue weighted by Crippen LogP contribution is 2.34. The molecule has 2 aliphatic rings. The van der Waals surface area contributed by atoms with Crippen LogP contribution in [-0.2, 0) is 9.47 Å². The van der Waals surface area contributed by atoms with Gasteiger partial charge in [-0.2, -0.15) is 0 Å². The third kappa shape index (κ3) is 3.89. The molecular weight excluding hydrogens is 268 g/mol. The third-order valence-electron chi connectivity index (χ3n) is 5.16. The summed E-state index contributed by atoms with van der Waals surface area (Å²) in [7, 11) is 0. The van der Waals surface area contributed by atoms with Crippen LogP contribution in [0.3, 0.4) is 0 Å². The number of likely N-dealkylation sites (tertiary alicyclic amines) is 1. The first-order valence-corrected chi connectivity index (χ1v) is 8.29. The lowest BCUT2D eigenvalue weighted by Gasteiger charge is -2.40. The van der Waals surface area contributed by atoms with Gasteiger partial charge in [0.05, 0.1) is 13.2 Å². The van der Waals surface area contributed by atoms with E-state index in [1.54, 1.807) is 0 Å². The van der Waals surface area contributed by atoms with Gasteiger partial charge in [-0.25, -0.2) is 4.79 Å². The molecule has 0 bridgehead atoms. The van der Waals surface area contributed by atoms with Crippen LogP contribution in [0.5, 0.6) is 0 Å². The number of amides is 2. The van der Waals surface area contributed by atoms with Crippen molar-refractivity contribution in [3.05, 3.63) is 0 Å². The van der Waals surface area contributed by atoms with Gasteiger partial charge in [0.1, 0.15) is 0 Å². The standard InChI is InChI=1S/C16H30N2O3/c1-5-12(2)13(3)17-15(19)18-8-6-7-14(11-18)16(4)20-9-10-21-16/h12-14H,5-11H2,1-4H3,(H,17,19)/t12-,13+,14-/m0/s1. The van der Waals surface area contributed by atoms with E-state index < -0.39 is 5.79 Å². The fourth-order valence-electron chi connectivity index (χ4n) is 3.14. The molecule has 0 radical (unpaired) electrons. The lowest BCUT2D eigenvalue weighted by atomic mass is 9.90. The van der Waals surface area contributed by atoms with Crippen molar-refractivity contribution >= 4 is 6.03 Å². The molecule has 5 nitrogen and oxygen atoms in total. The first kappa shape index (κ1) is 16.6. The number of nitrogens with zero attached hydrogens (tertiary/aromatic N) is 1. The molecule has 0 aliphatic carbocycles. The summed E-state index contributed by atoms with van der Waals surface area (Å²) >= 11 is 0. The number of hydrogen-bond acceptors (Lipinski definition) is 3. The summed E-state index contributed by atoms with van der Waals surface area (Å²) in [5.41, 5.74) is 0. The second-order valence-electron chi connectivity index (χ2n) is 6.62. The predicted octanol–water partition coefficient (Wildman–Crippen LogP) is 2.61. The molecule has 2 aliphatic heterocycles. The summed E-state index contributed by atoms with van der Waals surface area (Å²) < 4.78 is 11.5. The van der Waals surface area contributed by atoms with Crippen LogP contribution in [0, 0.1) is 11.8 Å². The first-order chi connectivity index (χ1) is 9.96. The highest BCUT2D eigenvalue weighted by Gasteiger charge is 2.42. The van der Waals surface area contributed by atoms with E-state index in [9.17, 15) is 4.79 Å². The van der Waals surface area contributed by atoms with Crippen LogP contribution in [0.2, 0.25) is 0 Å². The van der Waals surface area contributed by atoms with Gasteiger partial charge in [0.2, 0.25) is 0 Å². The van der Waals surface area contributed by atoms with Gasteiger partial charge in [-0.05, 0) is 32.6 Å². The van der Waals surface area contributed by atoms with E-state index >= 15 is 0 Å². The average molecular weight is 298 g/mol. The highest BCUT2D eigenvalue weighted by atomic mass is 16.7. The zero-order chi connectivity index (χ0) is 15.5. The Morgan fingerprint density at radius 2 is 2.05 bits per heavy atom. The van der Waals surface area contributed by atoms with E-state index in [2.05, 4.69) is 26.1 Å². The topological polar surface area (TPSA) is 50.8 Å². The quantitative estimate of drug-likeness (QED) is 0.868. The number of rotatable bonds is 4. The Hall–Kier alpha value is -0.810. The molecule has 0 aromatic carbocycles. The molecule has 2 heterocycles. The number of nitrogens with one attached hydrogen (secondary N) is 1. The monoisotopic (exact) mass is 298 g/mol. The van der Waals surface area contributed by atoms with Crippen LogP contribution >= 0.6 is 0 Å². The van der Waals surface area contributed by atoms with Crippen LogP contribution in [-0.4, -0.2) is 49.1 Å². The molecule has 21 heavy (non-hydrogen) atoms. The molecule has 1 N–H and O–H groups in total. The van der Waals surface area contributed by atoms with Crippen LogP contribution in [0.4, 0.5) is 4.79 Å². The Morgan fingerprint density at radius 1 is 1.38 bits per heavy atom. The molecule has 2 saturated heterocycles. The molecule has 0 aromatic rings. The van der Waals surface area contributed by atoms with Gasteiger partial charge in [-0.3, -0.25) is 0 Å². The van der Waals surface area contributed by atoms with Crippen LogP contribution in [0.1, 0.15) is 47.0 Å². The van der Waals surface area contributed by atoms with Crippen molar-refractivity contribution in [3.8, 4) is 0 Å². The molecular formula is C16H30N2O3. The van der Waals surface area contributed by atoms with E-state index in [0.29, 0.717) is 19.1 Å². The number of carbonyl (C=O) groups excluding carboxylic acids is 1. The summed E-state index contributed by atoms with van der Waals surface area (Å²) in [5, 5.41) is 3.13. The number of hydrogen-bond donors (Lipinski definition) is 1. The maximum atomic E-state index is 12.4. The van der Waals surface area contributed by atoms with Gasteiger partial charge < -0.3 is 19.7 Å². The normalized spacial score (nSPS) is 28.2. The molecule has 0 saturated carbocycles. The van der Waals surface area contributed by atoms with E-state index in [4.69, 9.17) is 9.47 Å². The van der Waals surface area contributed by atoms with E-state index in [1.807, 2.05) is 11.8 Å². The summed E-state index contributed by atoms with van der Waals surface area (Å²) in [6.45, 7) is 11.3. The zero-order valence-electron chi connectivity index (χ0n) is 13.9. The minimum absolute atomic E-state index is 0.0501. The van der Waals surface area contributed by atoms with Crippen LogP contribution < -0.4 is 5.32 Å². The minimum Gasteiger partial charge on any atom is -0.347 e. The van der Waals surface area contributed by atoms with Crippen LogP contribution in [0.25, 0.3) is 0 Å². The molecule has 2 amide bonds. The summed E-state index contributed by atoms with van der Waals surface area (Å²) in [6.07, 6.45) is 3.14. The molecule has 5 heteroatoms. The molecule has 0 spiro atoms. The Balaban J connectivity index is 1.90. The van der Waals surface area contributed by atoms with Crippen molar-refractivity contribution in [2.75, 3.05) is 26.3 Å². The van der Waals surface area contributed by atoms with Gasteiger partial charge in [0, 0.05) is 25.0 Å². The lowest BCUT2D eigenvalue weighted by Crippen LogP contribution is -2.53. The molecule has 0 aromatic heterocycles. The smallest absolute Gasteiger partial charge is 0.317 e. The number of urea groups is 1. The largest absolute Gasteiger partial charge is 0.347 e. The molecule has 0 unspecified atom stereocenters. The lowest BCUT2D eigenvalue weighted by molar-refractivity contribution is -0.189. The average Bonchev–Trinajstić information content (AvgIpc) is 2.94. The van der Waals surface area contributed by atoms with Crippen molar-refractivity contribution in [1.82, 2.24) is 10.2 Å². The first-order valence-electron chi connectivity index (χ1n) is 8.29. The highest BCUT2D eigenvalue weighted by molar-refractivity contribution is 5.74. The van der Waals surface area contributed by atoms with Gasteiger partial charge in [-0.15, -0.1) is 0 Å². The molecule has 2 fully saturated rings. The van der Waals surface area contributed by atoms with Crippen LogP contribution in [0.15, 0.2) is 0 Å². The van der Waals surface area contributed by atoms with Crippen molar-refractivity contribution < 1.29 is 14.3 Å². The summed E-state index contributed by atoms with van der Waals surface area (Å²) in [5.74, 6) is 0.244. The molecule has 3 atom stereocenters.